The van der Waals surface area contributed by atoms with Crippen LogP contribution in [0.4, 0.5) is 0 Å². The molecule has 1 aliphatic heterocycles. The van der Waals surface area contributed by atoms with Crippen LogP contribution in [0.3, 0.4) is 0 Å². The molecule has 96 valence electrons. The van der Waals surface area contributed by atoms with Crippen molar-refractivity contribution in [2.45, 2.75) is 50.5 Å². The molecule has 0 radical (unpaired) electrons. The molecule has 2 fully saturated rings. The van der Waals surface area contributed by atoms with E-state index in [4.69, 9.17) is 0 Å². The highest BCUT2D eigenvalue weighted by atomic mass is 16.2. The Kier molecular flexibility index (Phi) is 4.21. The standard InChI is InChI=1S/C14H24N2O/c1-2-3-7-13(17)16-11-10-15-12-14(16)8-5-4-6-9-14/h2,15H,1,3-12H2. The molecule has 1 amide bonds. The first-order chi connectivity index (χ1) is 8.28. The van der Waals surface area contributed by atoms with E-state index in [-0.39, 0.29) is 5.54 Å². The Morgan fingerprint density at radius 1 is 1.35 bits per heavy atom. The topological polar surface area (TPSA) is 32.3 Å². The molecule has 1 spiro atoms. The smallest absolute Gasteiger partial charge is 0.223 e. The van der Waals surface area contributed by atoms with Crippen LogP contribution in [0.25, 0.3) is 0 Å². The van der Waals surface area contributed by atoms with Gasteiger partial charge in [0.05, 0.1) is 5.54 Å². The highest BCUT2D eigenvalue weighted by molar-refractivity contribution is 5.77. The van der Waals surface area contributed by atoms with Gasteiger partial charge < -0.3 is 10.2 Å². The molecule has 2 rings (SSSR count). The quantitative estimate of drug-likeness (QED) is 0.761. The van der Waals surface area contributed by atoms with E-state index in [2.05, 4.69) is 16.8 Å². The molecule has 0 bridgehead atoms. The number of rotatable bonds is 3. The number of carbonyl (C=O) groups excluding carboxylic acids is 1. The van der Waals surface area contributed by atoms with E-state index >= 15 is 0 Å². The second-order valence-corrected chi connectivity index (χ2v) is 5.33. The number of allylic oxidation sites excluding steroid dienone is 1. The average molecular weight is 236 g/mol. The fourth-order valence-electron chi connectivity index (χ4n) is 3.25. The lowest BCUT2D eigenvalue weighted by molar-refractivity contribution is -0.140. The van der Waals surface area contributed by atoms with E-state index in [1.165, 1.54) is 32.1 Å². The van der Waals surface area contributed by atoms with Crippen molar-refractivity contribution in [3.63, 3.8) is 0 Å². The number of hydrogen-bond acceptors (Lipinski definition) is 2. The minimum absolute atomic E-state index is 0.134. The lowest BCUT2D eigenvalue weighted by Gasteiger charge is -2.50. The van der Waals surface area contributed by atoms with E-state index in [0.717, 1.165) is 26.1 Å². The maximum Gasteiger partial charge on any atom is 0.223 e. The first kappa shape index (κ1) is 12.6. The van der Waals surface area contributed by atoms with Crippen molar-refractivity contribution in [1.82, 2.24) is 10.2 Å². The summed E-state index contributed by atoms with van der Waals surface area (Å²) in [5.41, 5.74) is 0.134. The molecule has 0 aromatic heterocycles. The third kappa shape index (κ3) is 2.71. The SMILES string of the molecule is C=CCCC(=O)N1CCNCC12CCCCC2. The number of carbonyl (C=O) groups is 1. The minimum Gasteiger partial charge on any atom is -0.334 e. The normalized spacial score (nSPS) is 23.6. The summed E-state index contributed by atoms with van der Waals surface area (Å²) < 4.78 is 0. The van der Waals surface area contributed by atoms with Gasteiger partial charge in [-0.15, -0.1) is 6.58 Å². The number of nitrogens with one attached hydrogen (secondary N) is 1. The van der Waals surface area contributed by atoms with Gasteiger partial charge in [-0.2, -0.15) is 0 Å². The molecule has 0 aromatic carbocycles. The Morgan fingerprint density at radius 2 is 2.12 bits per heavy atom. The monoisotopic (exact) mass is 236 g/mol. The predicted molar refractivity (Wildman–Crippen MR) is 69.8 cm³/mol. The van der Waals surface area contributed by atoms with E-state index in [1.54, 1.807) is 0 Å². The lowest BCUT2D eigenvalue weighted by atomic mass is 9.79. The van der Waals surface area contributed by atoms with Gasteiger partial charge in [-0.3, -0.25) is 4.79 Å². The minimum atomic E-state index is 0.134. The molecular formula is C14H24N2O. The van der Waals surface area contributed by atoms with Gasteiger partial charge in [0.2, 0.25) is 5.91 Å². The fourth-order valence-corrected chi connectivity index (χ4v) is 3.25. The van der Waals surface area contributed by atoms with Crippen LogP contribution in [-0.4, -0.2) is 36.0 Å². The predicted octanol–water partition coefficient (Wildman–Crippen LogP) is 2.09. The Labute approximate surface area is 104 Å². The van der Waals surface area contributed by atoms with Crippen LogP contribution in [0.15, 0.2) is 12.7 Å². The van der Waals surface area contributed by atoms with Gasteiger partial charge in [0.1, 0.15) is 0 Å². The van der Waals surface area contributed by atoms with Gasteiger partial charge in [-0.1, -0.05) is 25.3 Å². The number of piperazine rings is 1. The molecule has 0 unspecified atom stereocenters. The summed E-state index contributed by atoms with van der Waals surface area (Å²) in [7, 11) is 0. The van der Waals surface area contributed by atoms with Gasteiger partial charge in [0, 0.05) is 26.1 Å². The zero-order valence-corrected chi connectivity index (χ0v) is 10.7. The van der Waals surface area contributed by atoms with Crippen molar-refractivity contribution in [3.05, 3.63) is 12.7 Å². The van der Waals surface area contributed by atoms with E-state index in [1.807, 2.05) is 6.08 Å². The Hall–Kier alpha value is -0.830. The Morgan fingerprint density at radius 3 is 2.82 bits per heavy atom. The zero-order valence-electron chi connectivity index (χ0n) is 10.7. The van der Waals surface area contributed by atoms with Gasteiger partial charge in [-0.05, 0) is 19.3 Å². The van der Waals surface area contributed by atoms with Gasteiger partial charge in [0.15, 0.2) is 0 Å². The molecule has 1 saturated carbocycles. The Bertz CT molecular complexity index is 274. The second kappa shape index (κ2) is 5.67. The molecule has 1 aliphatic carbocycles. The largest absolute Gasteiger partial charge is 0.334 e. The summed E-state index contributed by atoms with van der Waals surface area (Å²) in [6.07, 6.45) is 9.51. The molecule has 2 aliphatic rings. The molecule has 3 nitrogen and oxygen atoms in total. The molecule has 1 N–H and O–H groups in total. The van der Waals surface area contributed by atoms with Gasteiger partial charge in [0.25, 0.3) is 0 Å². The lowest BCUT2D eigenvalue weighted by Crippen LogP contribution is -2.63. The van der Waals surface area contributed by atoms with Gasteiger partial charge >= 0.3 is 0 Å². The van der Waals surface area contributed by atoms with Crippen LogP contribution in [-0.2, 0) is 4.79 Å². The Balaban J connectivity index is 2.05. The maximum absolute atomic E-state index is 12.3. The van der Waals surface area contributed by atoms with Crippen molar-refractivity contribution in [2.24, 2.45) is 0 Å². The number of amides is 1. The van der Waals surface area contributed by atoms with E-state index in [0.29, 0.717) is 12.3 Å². The summed E-state index contributed by atoms with van der Waals surface area (Å²) in [6, 6.07) is 0. The third-order valence-electron chi connectivity index (χ3n) is 4.19. The van der Waals surface area contributed by atoms with Crippen molar-refractivity contribution < 1.29 is 4.79 Å². The van der Waals surface area contributed by atoms with Gasteiger partial charge in [-0.25, -0.2) is 0 Å². The molecule has 1 heterocycles. The zero-order chi connectivity index (χ0) is 12.1. The summed E-state index contributed by atoms with van der Waals surface area (Å²) in [6.45, 7) is 6.52. The summed E-state index contributed by atoms with van der Waals surface area (Å²) in [5.74, 6) is 0.327. The van der Waals surface area contributed by atoms with Crippen molar-refractivity contribution in [2.75, 3.05) is 19.6 Å². The third-order valence-corrected chi connectivity index (χ3v) is 4.19. The molecule has 17 heavy (non-hydrogen) atoms. The summed E-state index contributed by atoms with van der Waals surface area (Å²) in [4.78, 5) is 14.5. The first-order valence-corrected chi connectivity index (χ1v) is 6.91. The van der Waals surface area contributed by atoms with Crippen LogP contribution in [0.2, 0.25) is 0 Å². The van der Waals surface area contributed by atoms with Crippen LogP contribution < -0.4 is 5.32 Å². The van der Waals surface area contributed by atoms with Crippen LogP contribution >= 0.6 is 0 Å². The van der Waals surface area contributed by atoms with Crippen molar-refractivity contribution in [1.29, 1.82) is 0 Å². The van der Waals surface area contributed by atoms with Crippen LogP contribution in [0, 0.1) is 0 Å². The average Bonchev–Trinajstić information content (AvgIpc) is 2.37. The van der Waals surface area contributed by atoms with Crippen molar-refractivity contribution >= 4 is 5.91 Å². The molecule has 1 saturated heterocycles. The van der Waals surface area contributed by atoms with Crippen LogP contribution in [0.5, 0.6) is 0 Å². The number of nitrogens with zero attached hydrogens (tertiary/aromatic N) is 1. The molecule has 0 aromatic rings. The molecule has 0 atom stereocenters. The van der Waals surface area contributed by atoms with Crippen LogP contribution in [0.1, 0.15) is 44.9 Å². The van der Waals surface area contributed by atoms with E-state index in [9.17, 15) is 4.79 Å². The van der Waals surface area contributed by atoms with E-state index < -0.39 is 0 Å². The summed E-state index contributed by atoms with van der Waals surface area (Å²) in [5, 5.41) is 3.47. The van der Waals surface area contributed by atoms with Crippen molar-refractivity contribution in [3.8, 4) is 0 Å². The summed E-state index contributed by atoms with van der Waals surface area (Å²) >= 11 is 0. The molecular weight excluding hydrogens is 212 g/mol. The first-order valence-electron chi connectivity index (χ1n) is 6.91. The highest BCUT2D eigenvalue weighted by Crippen LogP contribution is 2.35. The highest BCUT2D eigenvalue weighted by Gasteiger charge is 2.41. The fraction of sp³-hybridized carbons (Fsp3) is 0.786. The number of hydrogen-bond donors (Lipinski definition) is 1. The molecule has 3 heteroatoms. The maximum atomic E-state index is 12.3. The second-order valence-electron chi connectivity index (χ2n) is 5.33.